The third kappa shape index (κ3) is 5.15. The molecule has 1 fully saturated rings. The molecule has 15 heavy (non-hydrogen) atoms. The summed E-state index contributed by atoms with van der Waals surface area (Å²) in [5.41, 5.74) is 0. The van der Waals surface area contributed by atoms with Gasteiger partial charge in [0.2, 0.25) is 0 Å². The van der Waals surface area contributed by atoms with Crippen LogP contribution in [0.15, 0.2) is 0 Å². The Morgan fingerprint density at radius 1 is 1.40 bits per heavy atom. The smallest absolute Gasteiger partial charge is 0.0967 e. The van der Waals surface area contributed by atoms with E-state index in [1.54, 1.807) is 0 Å². The van der Waals surface area contributed by atoms with Gasteiger partial charge in [0.25, 0.3) is 0 Å². The number of nitrogens with zero attached hydrogens (tertiary/aromatic N) is 2. The van der Waals surface area contributed by atoms with Crippen LogP contribution in [-0.2, 0) is 0 Å². The molecule has 3 nitrogen and oxygen atoms in total. The summed E-state index contributed by atoms with van der Waals surface area (Å²) in [4.78, 5) is 2.42. The number of rotatable bonds is 8. The first-order valence-electron chi connectivity index (χ1n) is 6.18. The zero-order valence-corrected chi connectivity index (χ0v) is 10.00. The van der Waals surface area contributed by atoms with E-state index in [1.807, 2.05) is 0 Å². The van der Waals surface area contributed by atoms with Crippen LogP contribution in [0.25, 0.3) is 0 Å². The van der Waals surface area contributed by atoms with Gasteiger partial charge in [0, 0.05) is 12.6 Å². The van der Waals surface area contributed by atoms with Crippen molar-refractivity contribution < 1.29 is 0 Å². The second-order valence-corrected chi connectivity index (χ2v) is 4.35. The van der Waals surface area contributed by atoms with Crippen LogP contribution < -0.4 is 5.32 Å². The maximum Gasteiger partial charge on any atom is 0.0967 e. The molecule has 1 rings (SSSR count). The van der Waals surface area contributed by atoms with Gasteiger partial charge in [-0.3, -0.25) is 5.32 Å². The van der Waals surface area contributed by atoms with Crippen molar-refractivity contribution in [2.75, 3.05) is 19.6 Å². The zero-order valence-electron chi connectivity index (χ0n) is 10.00. The van der Waals surface area contributed by atoms with Crippen molar-refractivity contribution in [3.05, 3.63) is 0 Å². The molecule has 0 amide bonds. The number of hydrogen-bond donors (Lipinski definition) is 1. The summed E-state index contributed by atoms with van der Waals surface area (Å²) in [5, 5.41) is 12.4. The first-order valence-corrected chi connectivity index (χ1v) is 6.18. The van der Waals surface area contributed by atoms with E-state index in [0.29, 0.717) is 6.04 Å². The van der Waals surface area contributed by atoms with Crippen molar-refractivity contribution in [1.29, 1.82) is 5.26 Å². The predicted molar refractivity (Wildman–Crippen MR) is 62.6 cm³/mol. The van der Waals surface area contributed by atoms with Crippen LogP contribution >= 0.6 is 0 Å². The van der Waals surface area contributed by atoms with E-state index >= 15 is 0 Å². The largest absolute Gasteiger partial charge is 0.304 e. The highest BCUT2D eigenvalue weighted by molar-refractivity contribution is 4.95. The molecule has 0 aromatic carbocycles. The lowest BCUT2D eigenvalue weighted by atomic mass is 10.2. The van der Waals surface area contributed by atoms with Gasteiger partial charge < -0.3 is 4.90 Å². The standard InChI is InChI=1S/C12H23N3/c1-3-8-15(4-2)9-7-12(10-13)14-11-5-6-11/h11-12,14H,3-9H2,1-2H3. The van der Waals surface area contributed by atoms with Gasteiger partial charge in [-0.1, -0.05) is 13.8 Å². The summed E-state index contributed by atoms with van der Waals surface area (Å²) in [6, 6.07) is 3.05. The van der Waals surface area contributed by atoms with E-state index in [1.165, 1.54) is 19.3 Å². The van der Waals surface area contributed by atoms with Gasteiger partial charge in [-0.2, -0.15) is 5.26 Å². The maximum atomic E-state index is 8.99. The first kappa shape index (κ1) is 12.5. The second kappa shape index (κ2) is 6.81. The van der Waals surface area contributed by atoms with E-state index in [2.05, 4.69) is 30.1 Å². The fourth-order valence-electron chi connectivity index (χ4n) is 1.78. The van der Waals surface area contributed by atoms with Crippen LogP contribution in [0.3, 0.4) is 0 Å². The Morgan fingerprint density at radius 3 is 2.60 bits per heavy atom. The van der Waals surface area contributed by atoms with Gasteiger partial charge in [-0.25, -0.2) is 0 Å². The fraction of sp³-hybridized carbons (Fsp3) is 0.917. The lowest BCUT2D eigenvalue weighted by Gasteiger charge is -2.21. The van der Waals surface area contributed by atoms with Crippen molar-refractivity contribution in [3.8, 4) is 6.07 Å². The Morgan fingerprint density at radius 2 is 2.13 bits per heavy atom. The summed E-state index contributed by atoms with van der Waals surface area (Å²) >= 11 is 0. The van der Waals surface area contributed by atoms with Crippen LogP contribution in [0, 0.1) is 11.3 Å². The highest BCUT2D eigenvalue weighted by Crippen LogP contribution is 2.19. The topological polar surface area (TPSA) is 39.1 Å². The van der Waals surface area contributed by atoms with Crippen molar-refractivity contribution in [3.63, 3.8) is 0 Å². The molecule has 1 aliphatic rings. The number of nitriles is 1. The van der Waals surface area contributed by atoms with Crippen molar-refractivity contribution >= 4 is 0 Å². The molecular formula is C12H23N3. The minimum atomic E-state index is 0.0587. The summed E-state index contributed by atoms with van der Waals surface area (Å²) in [6.45, 7) is 7.67. The summed E-state index contributed by atoms with van der Waals surface area (Å²) < 4.78 is 0. The fourth-order valence-corrected chi connectivity index (χ4v) is 1.78. The molecule has 0 aliphatic heterocycles. The molecular weight excluding hydrogens is 186 g/mol. The molecule has 3 heteroatoms. The van der Waals surface area contributed by atoms with Crippen LogP contribution in [-0.4, -0.2) is 36.6 Å². The summed E-state index contributed by atoms with van der Waals surface area (Å²) in [7, 11) is 0. The Kier molecular flexibility index (Phi) is 5.67. The molecule has 0 aromatic rings. The molecule has 0 heterocycles. The molecule has 1 unspecified atom stereocenters. The van der Waals surface area contributed by atoms with Gasteiger partial charge in [-0.05, 0) is 38.8 Å². The third-order valence-corrected chi connectivity index (χ3v) is 2.89. The minimum Gasteiger partial charge on any atom is -0.304 e. The zero-order chi connectivity index (χ0) is 11.1. The van der Waals surface area contributed by atoms with Gasteiger partial charge in [0.05, 0.1) is 12.1 Å². The van der Waals surface area contributed by atoms with E-state index < -0.39 is 0 Å². The Bertz CT molecular complexity index is 205. The monoisotopic (exact) mass is 209 g/mol. The molecule has 0 aromatic heterocycles. The van der Waals surface area contributed by atoms with E-state index in [-0.39, 0.29) is 6.04 Å². The SMILES string of the molecule is CCCN(CC)CCC(C#N)NC1CC1. The molecule has 0 saturated heterocycles. The first-order chi connectivity index (χ1) is 7.30. The highest BCUT2D eigenvalue weighted by Gasteiger charge is 2.24. The van der Waals surface area contributed by atoms with E-state index in [0.717, 1.165) is 26.1 Å². The number of hydrogen-bond acceptors (Lipinski definition) is 3. The molecule has 1 atom stereocenters. The molecule has 1 N–H and O–H groups in total. The second-order valence-electron chi connectivity index (χ2n) is 4.35. The average molecular weight is 209 g/mol. The van der Waals surface area contributed by atoms with Crippen LogP contribution in [0.2, 0.25) is 0 Å². The molecule has 0 radical (unpaired) electrons. The number of nitrogens with one attached hydrogen (secondary N) is 1. The minimum absolute atomic E-state index is 0.0587. The lowest BCUT2D eigenvalue weighted by molar-refractivity contribution is 0.276. The Labute approximate surface area is 93.5 Å². The summed E-state index contributed by atoms with van der Waals surface area (Å²) in [6.07, 6.45) is 4.66. The normalized spacial score (nSPS) is 17.7. The van der Waals surface area contributed by atoms with Gasteiger partial charge in [0.15, 0.2) is 0 Å². The Balaban J connectivity index is 2.16. The maximum absolute atomic E-state index is 8.99. The molecule has 1 saturated carbocycles. The van der Waals surface area contributed by atoms with Gasteiger partial charge in [0.1, 0.15) is 0 Å². The summed E-state index contributed by atoms with van der Waals surface area (Å²) in [5.74, 6) is 0. The quantitative estimate of drug-likeness (QED) is 0.662. The van der Waals surface area contributed by atoms with E-state index in [4.69, 9.17) is 5.26 Å². The average Bonchev–Trinajstić information content (AvgIpc) is 3.05. The predicted octanol–water partition coefficient (Wildman–Crippen LogP) is 1.75. The van der Waals surface area contributed by atoms with Crippen LogP contribution in [0.4, 0.5) is 0 Å². The van der Waals surface area contributed by atoms with Crippen LogP contribution in [0.5, 0.6) is 0 Å². The molecule has 86 valence electrons. The van der Waals surface area contributed by atoms with Crippen LogP contribution in [0.1, 0.15) is 39.5 Å². The van der Waals surface area contributed by atoms with Crippen molar-refractivity contribution in [2.24, 2.45) is 0 Å². The van der Waals surface area contributed by atoms with E-state index in [9.17, 15) is 0 Å². The van der Waals surface area contributed by atoms with Gasteiger partial charge in [-0.15, -0.1) is 0 Å². The van der Waals surface area contributed by atoms with Crippen molar-refractivity contribution in [2.45, 2.75) is 51.6 Å². The molecule has 1 aliphatic carbocycles. The van der Waals surface area contributed by atoms with Crippen molar-refractivity contribution in [1.82, 2.24) is 10.2 Å². The van der Waals surface area contributed by atoms with Gasteiger partial charge >= 0.3 is 0 Å². The lowest BCUT2D eigenvalue weighted by Crippen LogP contribution is -2.34. The molecule has 0 bridgehead atoms. The molecule has 0 spiro atoms. The highest BCUT2D eigenvalue weighted by atomic mass is 15.1. The Hall–Kier alpha value is -0.590. The third-order valence-electron chi connectivity index (χ3n) is 2.89.